The monoisotopic (exact) mass is 708 g/mol. The lowest BCUT2D eigenvalue weighted by Gasteiger charge is -2.37. The van der Waals surface area contributed by atoms with Crippen molar-refractivity contribution in [2.75, 3.05) is 0 Å². The average Bonchev–Trinajstić information content (AvgIpc) is 3.20. The zero-order valence-electron chi connectivity index (χ0n) is 29.3. The predicted molar refractivity (Wildman–Crippen MR) is 200 cm³/mol. The molecule has 0 aliphatic carbocycles. The van der Waals surface area contributed by atoms with Gasteiger partial charge in [-0.2, -0.15) is 0 Å². The molecule has 1 aliphatic rings. The number of aliphatic hydroxyl groups is 1. The number of hydrogen-bond donors (Lipinski definition) is 1. The van der Waals surface area contributed by atoms with E-state index in [4.69, 9.17) is 28.4 Å². The van der Waals surface area contributed by atoms with Crippen LogP contribution in [0.2, 0.25) is 0 Å². The number of rotatable bonds is 14. The van der Waals surface area contributed by atoms with Gasteiger partial charge in [-0.15, -0.1) is 0 Å². The van der Waals surface area contributed by atoms with Crippen molar-refractivity contribution in [1.82, 2.24) is 0 Å². The molecule has 0 aromatic heterocycles. The number of carbonyl (C=O) groups excluding carboxylic acids is 1. The highest BCUT2D eigenvalue weighted by Gasteiger charge is 2.43. The van der Waals surface area contributed by atoms with E-state index >= 15 is 0 Å². The Bertz CT molecular complexity index is 2090. The summed E-state index contributed by atoms with van der Waals surface area (Å²) in [4.78, 5) is 12.5. The minimum atomic E-state index is -1.30. The number of ether oxygens (including phenoxy) is 6. The summed E-state index contributed by atoms with van der Waals surface area (Å²) >= 11 is 0. The van der Waals surface area contributed by atoms with Crippen molar-refractivity contribution in [2.45, 2.75) is 51.7 Å². The molecular weight excluding hydrogens is 668 g/mol. The van der Waals surface area contributed by atoms with Crippen LogP contribution in [-0.4, -0.2) is 17.2 Å². The summed E-state index contributed by atoms with van der Waals surface area (Å²) < 4.78 is 37.6. The van der Waals surface area contributed by atoms with E-state index in [2.05, 4.69) is 0 Å². The van der Waals surface area contributed by atoms with Crippen LogP contribution in [0, 0.1) is 0 Å². The third-order valence-electron chi connectivity index (χ3n) is 8.80. The first kappa shape index (κ1) is 35.2. The first-order chi connectivity index (χ1) is 26.0. The molecule has 1 N–H and O–H groups in total. The lowest BCUT2D eigenvalue weighted by Crippen LogP contribution is -2.38. The minimum absolute atomic E-state index is 0.232. The summed E-state index contributed by atoms with van der Waals surface area (Å²) in [6.07, 6.45) is -3.34. The molecule has 8 heteroatoms. The molecule has 0 saturated heterocycles. The van der Waals surface area contributed by atoms with E-state index in [1.54, 1.807) is 12.1 Å². The maximum Gasteiger partial charge on any atom is 0.303 e. The number of carbonyl (C=O) groups is 1. The molecule has 6 aromatic carbocycles. The molecule has 0 amide bonds. The summed E-state index contributed by atoms with van der Waals surface area (Å²) in [7, 11) is 0. The number of esters is 1. The zero-order valence-corrected chi connectivity index (χ0v) is 29.3. The number of benzene rings is 6. The molecule has 7 rings (SSSR count). The molecule has 53 heavy (non-hydrogen) atoms. The Labute approximate surface area is 309 Å². The van der Waals surface area contributed by atoms with Crippen molar-refractivity contribution in [3.8, 4) is 28.7 Å². The van der Waals surface area contributed by atoms with Crippen LogP contribution in [0.5, 0.6) is 28.7 Å². The van der Waals surface area contributed by atoms with Crippen LogP contribution in [0.4, 0.5) is 0 Å². The van der Waals surface area contributed by atoms with Gasteiger partial charge in [0.15, 0.2) is 23.7 Å². The Hall–Kier alpha value is -6.25. The summed E-state index contributed by atoms with van der Waals surface area (Å²) in [5.74, 6) is 1.62. The molecule has 1 heterocycles. The normalized spacial score (nSPS) is 16.1. The van der Waals surface area contributed by atoms with Gasteiger partial charge in [0.2, 0.25) is 0 Å². The molecular formula is C45H40O8. The first-order valence-corrected chi connectivity index (χ1v) is 17.5. The Morgan fingerprint density at radius 3 is 1.55 bits per heavy atom. The fourth-order valence-corrected chi connectivity index (χ4v) is 6.16. The molecule has 3 atom stereocenters. The van der Waals surface area contributed by atoms with Gasteiger partial charge in [-0.3, -0.25) is 4.79 Å². The van der Waals surface area contributed by atoms with Crippen LogP contribution >= 0.6 is 0 Å². The van der Waals surface area contributed by atoms with Crippen molar-refractivity contribution in [2.24, 2.45) is 0 Å². The molecule has 0 fully saturated rings. The van der Waals surface area contributed by atoms with E-state index in [1.807, 2.05) is 140 Å². The highest BCUT2D eigenvalue weighted by molar-refractivity contribution is 5.67. The molecule has 0 bridgehead atoms. The van der Waals surface area contributed by atoms with E-state index in [0.717, 1.165) is 22.3 Å². The van der Waals surface area contributed by atoms with E-state index in [0.29, 0.717) is 59.7 Å². The maximum atomic E-state index is 12.5. The number of fused-ring (bicyclic) bond motifs is 1. The predicted octanol–water partition coefficient (Wildman–Crippen LogP) is 9.10. The SMILES string of the molecule is CC(=O)OC1C(O)c2c(OCc3ccccc3)cc(OCc3ccccc3)cc2OC1c1ccc(OCc2ccccc2)c(OCc2ccccc2)c1. The maximum absolute atomic E-state index is 12.5. The summed E-state index contributed by atoms with van der Waals surface area (Å²) in [5, 5.41) is 12.0. The van der Waals surface area contributed by atoms with Crippen molar-refractivity contribution in [1.29, 1.82) is 0 Å². The minimum Gasteiger partial charge on any atom is -0.489 e. The van der Waals surface area contributed by atoms with Gasteiger partial charge in [-0.1, -0.05) is 127 Å². The second kappa shape index (κ2) is 16.8. The quantitative estimate of drug-likeness (QED) is 0.112. The highest BCUT2D eigenvalue weighted by Crippen LogP contribution is 2.49. The Kier molecular flexibility index (Phi) is 11.2. The van der Waals surface area contributed by atoms with Crippen LogP contribution in [-0.2, 0) is 36.0 Å². The fourth-order valence-electron chi connectivity index (χ4n) is 6.16. The van der Waals surface area contributed by atoms with Crippen LogP contribution < -0.4 is 23.7 Å². The molecule has 0 saturated carbocycles. The van der Waals surface area contributed by atoms with Gasteiger partial charge in [-0.05, 0) is 34.4 Å². The van der Waals surface area contributed by atoms with Gasteiger partial charge in [0.25, 0.3) is 0 Å². The van der Waals surface area contributed by atoms with Gasteiger partial charge >= 0.3 is 5.97 Å². The van der Waals surface area contributed by atoms with Crippen LogP contribution in [0.15, 0.2) is 152 Å². The smallest absolute Gasteiger partial charge is 0.303 e. The van der Waals surface area contributed by atoms with Crippen molar-refractivity contribution < 1.29 is 38.3 Å². The lowest BCUT2D eigenvalue weighted by molar-refractivity contribution is -0.164. The number of aliphatic hydroxyl groups excluding tert-OH is 1. The van der Waals surface area contributed by atoms with Crippen molar-refractivity contribution >= 4 is 5.97 Å². The van der Waals surface area contributed by atoms with Crippen LogP contribution in [0.3, 0.4) is 0 Å². The largest absolute Gasteiger partial charge is 0.489 e. The number of hydrogen-bond acceptors (Lipinski definition) is 8. The van der Waals surface area contributed by atoms with Crippen LogP contribution in [0.25, 0.3) is 0 Å². The zero-order chi connectivity index (χ0) is 36.4. The summed E-state index contributed by atoms with van der Waals surface area (Å²) in [5.41, 5.74) is 4.89. The standard InChI is InChI=1S/C45H40O8/c1-31(46)52-45-43(47)42-40(51-30-35-20-12-5-13-21-35)25-37(48-27-32-14-6-2-7-15-32)26-41(42)53-44(45)36-22-23-38(49-28-33-16-8-3-9-17-33)39(24-36)50-29-34-18-10-4-11-19-34/h2-26,43-45,47H,27-30H2,1H3. The molecule has 0 radical (unpaired) electrons. The van der Waals surface area contributed by atoms with Gasteiger partial charge < -0.3 is 33.5 Å². The second-order valence-electron chi connectivity index (χ2n) is 12.7. The third-order valence-corrected chi connectivity index (χ3v) is 8.80. The Morgan fingerprint density at radius 2 is 1.04 bits per heavy atom. The van der Waals surface area contributed by atoms with E-state index in [1.165, 1.54) is 6.92 Å². The van der Waals surface area contributed by atoms with Crippen LogP contribution in [0.1, 0.15) is 52.5 Å². The third kappa shape index (κ3) is 8.98. The fraction of sp³-hybridized carbons (Fsp3) is 0.178. The van der Waals surface area contributed by atoms with Gasteiger partial charge in [0.1, 0.15) is 49.8 Å². The molecule has 3 unspecified atom stereocenters. The van der Waals surface area contributed by atoms with E-state index < -0.39 is 24.3 Å². The van der Waals surface area contributed by atoms with Gasteiger partial charge in [-0.25, -0.2) is 0 Å². The first-order valence-electron chi connectivity index (χ1n) is 17.5. The van der Waals surface area contributed by atoms with Gasteiger partial charge in [0.05, 0.1) is 5.56 Å². The summed E-state index contributed by atoms with van der Waals surface area (Å²) in [6.45, 7) is 2.48. The van der Waals surface area contributed by atoms with Crippen molar-refractivity contribution in [3.05, 3.63) is 185 Å². The Balaban J connectivity index is 1.24. The van der Waals surface area contributed by atoms with E-state index in [-0.39, 0.29) is 6.61 Å². The molecule has 0 spiro atoms. The van der Waals surface area contributed by atoms with Crippen molar-refractivity contribution in [3.63, 3.8) is 0 Å². The molecule has 268 valence electrons. The highest BCUT2D eigenvalue weighted by atomic mass is 16.6. The lowest BCUT2D eigenvalue weighted by atomic mass is 9.91. The average molecular weight is 709 g/mol. The second-order valence-corrected chi connectivity index (χ2v) is 12.7. The topological polar surface area (TPSA) is 92.7 Å². The molecule has 1 aliphatic heterocycles. The van der Waals surface area contributed by atoms with E-state index in [9.17, 15) is 9.90 Å². The summed E-state index contributed by atoms with van der Waals surface area (Å²) in [6, 6.07) is 48.1. The Morgan fingerprint density at radius 1 is 0.566 bits per heavy atom. The van der Waals surface area contributed by atoms with Gasteiger partial charge in [0, 0.05) is 24.6 Å². The molecule has 8 nitrogen and oxygen atoms in total. The molecule has 6 aromatic rings.